The fourth-order valence-corrected chi connectivity index (χ4v) is 2.16. The summed E-state index contributed by atoms with van der Waals surface area (Å²) in [4.78, 5) is 11.9. The molecule has 22 heavy (non-hydrogen) atoms. The van der Waals surface area contributed by atoms with Crippen LogP contribution in [0.4, 0.5) is 0 Å². The van der Waals surface area contributed by atoms with Gasteiger partial charge in [0.15, 0.2) is 6.61 Å². The number of nitrogens with zero attached hydrogens (tertiary/aromatic N) is 1. The van der Waals surface area contributed by atoms with Gasteiger partial charge in [-0.3, -0.25) is 4.79 Å². The van der Waals surface area contributed by atoms with Crippen molar-refractivity contribution >= 4 is 21.8 Å². The third-order valence-corrected chi connectivity index (χ3v) is 3.63. The summed E-state index contributed by atoms with van der Waals surface area (Å²) in [6, 6.07) is 16.4. The molecule has 0 radical (unpaired) electrons. The summed E-state index contributed by atoms with van der Waals surface area (Å²) < 4.78 is 6.39. The molecule has 1 amide bonds. The Bertz CT molecular complexity index is 675. The van der Waals surface area contributed by atoms with Crippen LogP contribution in [0, 0.1) is 11.3 Å². The van der Waals surface area contributed by atoms with E-state index in [9.17, 15) is 4.79 Å². The Morgan fingerprint density at radius 1 is 1.23 bits per heavy atom. The monoisotopic (exact) mass is 358 g/mol. The molecule has 1 atom stereocenters. The molecule has 2 aromatic rings. The predicted octanol–water partition coefficient (Wildman–Crippen LogP) is 3.58. The smallest absolute Gasteiger partial charge is 0.258 e. The minimum Gasteiger partial charge on any atom is -0.484 e. The zero-order valence-electron chi connectivity index (χ0n) is 12.0. The molecule has 2 aromatic carbocycles. The van der Waals surface area contributed by atoms with Gasteiger partial charge < -0.3 is 10.1 Å². The van der Waals surface area contributed by atoms with Crippen LogP contribution in [0.1, 0.15) is 24.1 Å². The number of benzene rings is 2. The number of amides is 1. The molecule has 1 unspecified atom stereocenters. The fourth-order valence-electron chi connectivity index (χ4n) is 1.89. The summed E-state index contributed by atoms with van der Waals surface area (Å²) in [5.41, 5.74) is 1.58. The van der Waals surface area contributed by atoms with Crippen LogP contribution in [-0.4, -0.2) is 12.5 Å². The van der Waals surface area contributed by atoms with Gasteiger partial charge in [-0.2, -0.15) is 5.26 Å². The molecule has 0 fully saturated rings. The minimum atomic E-state index is -0.195. The van der Waals surface area contributed by atoms with Crippen molar-refractivity contribution in [3.05, 3.63) is 64.1 Å². The molecule has 5 heteroatoms. The third-order valence-electron chi connectivity index (χ3n) is 3.10. The van der Waals surface area contributed by atoms with Gasteiger partial charge in [0.25, 0.3) is 5.91 Å². The Labute approximate surface area is 137 Å². The van der Waals surface area contributed by atoms with E-state index >= 15 is 0 Å². The Morgan fingerprint density at radius 2 is 1.86 bits per heavy atom. The largest absolute Gasteiger partial charge is 0.484 e. The maximum absolute atomic E-state index is 11.9. The average molecular weight is 359 g/mol. The predicted molar refractivity (Wildman–Crippen MR) is 87.4 cm³/mol. The van der Waals surface area contributed by atoms with Crippen LogP contribution in [0.15, 0.2) is 53.0 Å². The van der Waals surface area contributed by atoms with Gasteiger partial charge in [0.05, 0.1) is 17.7 Å². The van der Waals surface area contributed by atoms with Gasteiger partial charge in [-0.25, -0.2) is 0 Å². The maximum atomic E-state index is 11.9. The summed E-state index contributed by atoms with van der Waals surface area (Å²) in [6.45, 7) is 1.86. The second kappa shape index (κ2) is 7.62. The van der Waals surface area contributed by atoms with Gasteiger partial charge >= 0.3 is 0 Å². The van der Waals surface area contributed by atoms with Gasteiger partial charge in [0.2, 0.25) is 0 Å². The number of carbonyl (C=O) groups excluding carboxylic acids is 1. The first-order valence-electron chi connectivity index (χ1n) is 6.76. The van der Waals surface area contributed by atoms with E-state index in [1.165, 1.54) is 0 Å². The second-order valence-electron chi connectivity index (χ2n) is 4.77. The van der Waals surface area contributed by atoms with E-state index in [4.69, 9.17) is 10.00 Å². The third kappa shape index (κ3) is 4.61. The number of ether oxygens (including phenoxy) is 1. The van der Waals surface area contributed by atoms with Crippen molar-refractivity contribution in [3.63, 3.8) is 0 Å². The fraction of sp³-hybridized carbons (Fsp3) is 0.176. The van der Waals surface area contributed by atoms with Crippen LogP contribution in [0.2, 0.25) is 0 Å². The van der Waals surface area contributed by atoms with Crippen molar-refractivity contribution in [2.24, 2.45) is 0 Å². The Balaban J connectivity index is 1.84. The summed E-state index contributed by atoms with van der Waals surface area (Å²) in [7, 11) is 0. The highest BCUT2D eigenvalue weighted by molar-refractivity contribution is 9.10. The van der Waals surface area contributed by atoms with Crippen LogP contribution in [0.25, 0.3) is 0 Å². The highest BCUT2D eigenvalue weighted by Crippen LogP contribution is 2.16. The molecule has 1 N–H and O–H groups in total. The molecule has 0 saturated carbocycles. The minimum absolute atomic E-state index is 0.0627. The highest BCUT2D eigenvalue weighted by atomic mass is 79.9. The van der Waals surface area contributed by atoms with Crippen molar-refractivity contribution in [3.8, 4) is 11.8 Å². The number of hydrogen-bond acceptors (Lipinski definition) is 3. The highest BCUT2D eigenvalue weighted by Gasteiger charge is 2.10. The van der Waals surface area contributed by atoms with Crippen molar-refractivity contribution in [1.29, 1.82) is 5.26 Å². The first-order chi connectivity index (χ1) is 10.6. The Morgan fingerprint density at radius 3 is 2.45 bits per heavy atom. The van der Waals surface area contributed by atoms with Crippen molar-refractivity contribution in [1.82, 2.24) is 5.32 Å². The SMILES string of the molecule is CC(NC(=O)COc1ccc(C#N)cc1)c1ccc(Br)cc1. The molecule has 0 saturated heterocycles. The summed E-state index contributed by atoms with van der Waals surface area (Å²) in [6.07, 6.45) is 0. The zero-order chi connectivity index (χ0) is 15.9. The van der Waals surface area contributed by atoms with Crippen molar-refractivity contribution in [2.45, 2.75) is 13.0 Å². The van der Waals surface area contributed by atoms with Crippen LogP contribution >= 0.6 is 15.9 Å². The van der Waals surface area contributed by atoms with Crippen molar-refractivity contribution in [2.75, 3.05) is 6.61 Å². The lowest BCUT2D eigenvalue weighted by atomic mass is 10.1. The van der Waals surface area contributed by atoms with E-state index in [-0.39, 0.29) is 18.6 Å². The first kappa shape index (κ1) is 16.1. The van der Waals surface area contributed by atoms with E-state index in [0.717, 1.165) is 10.0 Å². The molecule has 0 aliphatic rings. The summed E-state index contributed by atoms with van der Waals surface area (Å²) in [5, 5.41) is 11.6. The van der Waals surface area contributed by atoms with Gasteiger partial charge in [-0.05, 0) is 48.9 Å². The lowest BCUT2D eigenvalue weighted by molar-refractivity contribution is -0.123. The van der Waals surface area contributed by atoms with Gasteiger partial charge in [-0.15, -0.1) is 0 Å². The molecule has 112 valence electrons. The normalized spacial score (nSPS) is 11.3. The average Bonchev–Trinajstić information content (AvgIpc) is 2.54. The number of carbonyl (C=O) groups is 1. The van der Waals surface area contributed by atoms with E-state index in [0.29, 0.717) is 11.3 Å². The molecule has 0 spiro atoms. The topological polar surface area (TPSA) is 62.1 Å². The molecular weight excluding hydrogens is 344 g/mol. The van der Waals surface area contributed by atoms with Crippen molar-refractivity contribution < 1.29 is 9.53 Å². The first-order valence-corrected chi connectivity index (χ1v) is 7.55. The van der Waals surface area contributed by atoms with Gasteiger partial charge in [0.1, 0.15) is 5.75 Å². The Hall–Kier alpha value is -2.32. The lowest BCUT2D eigenvalue weighted by Gasteiger charge is -2.15. The standard InChI is InChI=1S/C17H15BrN2O2/c1-12(14-4-6-15(18)7-5-14)20-17(21)11-22-16-8-2-13(10-19)3-9-16/h2-9,12H,11H2,1H3,(H,20,21). The number of rotatable bonds is 5. The molecule has 0 heterocycles. The second-order valence-corrected chi connectivity index (χ2v) is 5.68. The van der Waals surface area contributed by atoms with Gasteiger partial charge in [-0.1, -0.05) is 28.1 Å². The molecule has 0 bridgehead atoms. The van der Waals surface area contributed by atoms with Crippen LogP contribution in [0.5, 0.6) is 5.75 Å². The summed E-state index contributed by atoms with van der Waals surface area (Å²) >= 11 is 3.38. The van der Waals surface area contributed by atoms with E-state index in [2.05, 4.69) is 21.2 Å². The molecule has 0 aromatic heterocycles. The van der Waals surface area contributed by atoms with E-state index < -0.39 is 0 Å². The number of nitrogens with one attached hydrogen (secondary N) is 1. The van der Waals surface area contributed by atoms with Crippen LogP contribution < -0.4 is 10.1 Å². The summed E-state index contributed by atoms with van der Waals surface area (Å²) in [5.74, 6) is 0.366. The molecule has 2 rings (SSSR count). The number of nitriles is 1. The molecule has 4 nitrogen and oxygen atoms in total. The van der Waals surface area contributed by atoms with Gasteiger partial charge in [0, 0.05) is 4.47 Å². The zero-order valence-corrected chi connectivity index (χ0v) is 13.6. The quantitative estimate of drug-likeness (QED) is 0.888. The van der Waals surface area contributed by atoms with E-state index in [1.807, 2.05) is 37.3 Å². The maximum Gasteiger partial charge on any atom is 0.258 e. The molecule has 0 aliphatic heterocycles. The molecular formula is C17H15BrN2O2. The van der Waals surface area contributed by atoms with Crippen LogP contribution in [0.3, 0.4) is 0 Å². The Kier molecular flexibility index (Phi) is 5.56. The van der Waals surface area contributed by atoms with E-state index in [1.54, 1.807) is 24.3 Å². The molecule has 0 aliphatic carbocycles. The lowest BCUT2D eigenvalue weighted by Crippen LogP contribution is -2.31. The number of halogens is 1. The number of hydrogen-bond donors (Lipinski definition) is 1. The van der Waals surface area contributed by atoms with Crippen LogP contribution in [-0.2, 0) is 4.79 Å².